The van der Waals surface area contributed by atoms with Gasteiger partial charge >= 0.3 is 6.09 Å². The lowest BCUT2D eigenvalue weighted by Crippen LogP contribution is -2.28. The van der Waals surface area contributed by atoms with Crippen LogP contribution in [0.2, 0.25) is 0 Å². The molecule has 0 spiro atoms. The molecule has 0 radical (unpaired) electrons. The van der Waals surface area contributed by atoms with Crippen LogP contribution in [0.5, 0.6) is 11.5 Å². The van der Waals surface area contributed by atoms with Crippen molar-refractivity contribution in [1.82, 2.24) is 5.32 Å². The fourth-order valence-corrected chi connectivity index (χ4v) is 1.82. The van der Waals surface area contributed by atoms with Gasteiger partial charge in [-0.25, -0.2) is 4.79 Å². The van der Waals surface area contributed by atoms with Gasteiger partial charge in [-0.05, 0) is 44.5 Å². The summed E-state index contributed by atoms with van der Waals surface area (Å²) >= 11 is 0. The van der Waals surface area contributed by atoms with Gasteiger partial charge in [-0.15, -0.1) is 0 Å². The minimum Gasteiger partial charge on any atom is -0.492 e. The maximum Gasteiger partial charge on any atom is 0.407 e. The van der Waals surface area contributed by atoms with E-state index in [0.717, 1.165) is 24.3 Å². The lowest BCUT2D eigenvalue weighted by atomic mass is 10.2. The summed E-state index contributed by atoms with van der Waals surface area (Å²) in [5.74, 6) is 1.59. The predicted molar refractivity (Wildman–Crippen MR) is 82.0 cm³/mol. The van der Waals surface area contributed by atoms with Gasteiger partial charge in [0, 0.05) is 0 Å². The van der Waals surface area contributed by atoms with E-state index in [1.54, 1.807) is 6.92 Å². The van der Waals surface area contributed by atoms with Gasteiger partial charge in [0.1, 0.15) is 18.1 Å². The average molecular weight is 295 g/mol. The number of benzene rings is 1. The Labute approximate surface area is 126 Å². The molecule has 5 heteroatoms. The summed E-state index contributed by atoms with van der Waals surface area (Å²) in [4.78, 5) is 11.0. The molecule has 0 heterocycles. The van der Waals surface area contributed by atoms with Crippen molar-refractivity contribution in [3.8, 4) is 11.5 Å². The summed E-state index contributed by atoms with van der Waals surface area (Å²) in [6.45, 7) is 7.14. The van der Waals surface area contributed by atoms with Gasteiger partial charge in [0.15, 0.2) is 0 Å². The first-order valence-electron chi connectivity index (χ1n) is 7.45. The van der Waals surface area contributed by atoms with E-state index in [1.807, 2.05) is 24.3 Å². The maximum absolute atomic E-state index is 11.0. The number of alkyl carbamates (subject to hydrolysis) is 1. The van der Waals surface area contributed by atoms with Gasteiger partial charge in [-0.1, -0.05) is 13.3 Å². The number of carbonyl (C=O) groups excluding carboxylic acids is 1. The highest BCUT2D eigenvalue weighted by atomic mass is 16.5. The van der Waals surface area contributed by atoms with Crippen molar-refractivity contribution < 1.29 is 19.0 Å². The van der Waals surface area contributed by atoms with Crippen LogP contribution in [0.4, 0.5) is 4.79 Å². The van der Waals surface area contributed by atoms with Crippen LogP contribution >= 0.6 is 0 Å². The van der Waals surface area contributed by atoms with Crippen molar-refractivity contribution in [1.29, 1.82) is 0 Å². The van der Waals surface area contributed by atoms with Crippen LogP contribution in [0.1, 0.15) is 33.6 Å². The third kappa shape index (κ3) is 7.44. The molecule has 0 aromatic heterocycles. The number of ether oxygens (including phenoxy) is 3. The highest BCUT2D eigenvalue weighted by molar-refractivity contribution is 5.66. The zero-order chi connectivity index (χ0) is 15.5. The van der Waals surface area contributed by atoms with E-state index in [9.17, 15) is 4.79 Å². The van der Waals surface area contributed by atoms with Crippen LogP contribution in [-0.2, 0) is 4.74 Å². The number of hydrogen-bond acceptors (Lipinski definition) is 4. The molecule has 0 bridgehead atoms. The Morgan fingerprint density at radius 2 is 1.86 bits per heavy atom. The molecule has 0 aliphatic heterocycles. The highest BCUT2D eigenvalue weighted by Crippen LogP contribution is 2.19. The average Bonchev–Trinajstić information content (AvgIpc) is 2.46. The molecule has 1 unspecified atom stereocenters. The van der Waals surface area contributed by atoms with Gasteiger partial charge in [0.05, 0.1) is 19.3 Å². The summed E-state index contributed by atoms with van der Waals surface area (Å²) in [6, 6.07) is 7.50. The second-order valence-corrected chi connectivity index (χ2v) is 4.68. The first kappa shape index (κ1) is 17.1. The molecule has 0 fully saturated rings. The molecule has 5 nitrogen and oxygen atoms in total. The van der Waals surface area contributed by atoms with Crippen LogP contribution in [0, 0.1) is 0 Å². The first-order chi connectivity index (χ1) is 10.2. The maximum atomic E-state index is 11.0. The normalized spacial score (nSPS) is 11.6. The fraction of sp³-hybridized carbons (Fsp3) is 0.562. The molecular weight excluding hydrogens is 270 g/mol. The number of nitrogens with one attached hydrogen (secondary N) is 1. The predicted octanol–water partition coefficient (Wildman–Crippen LogP) is 3.38. The van der Waals surface area contributed by atoms with E-state index >= 15 is 0 Å². The summed E-state index contributed by atoms with van der Waals surface area (Å²) < 4.78 is 16.0. The first-order valence-corrected chi connectivity index (χ1v) is 7.45. The molecule has 0 aliphatic carbocycles. The molecule has 21 heavy (non-hydrogen) atoms. The lowest BCUT2D eigenvalue weighted by Gasteiger charge is -2.14. The smallest absolute Gasteiger partial charge is 0.407 e. The minimum atomic E-state index is -0.422. The molecule has 1 rings (SSSR count). The molecule has 1 aromatic carbocycles. The Morgan fingerprint density at radius 3 is 2.48 bits per heavy atom. The van der Waals surface area contributed by atoms with Gasteiger partial charge in [0.25, 0.3) is 0 Å². The third-order valence-corrected chi connectivity index (χ3v) is 2.77. The second-order valence-electron chi connectivity index (χ2n) is 4.68. The number of rotatable bonds is 9. The zero-order valence-corrected chi connectivity index (χ0v) is 13.1. The minimum absolute atomic E-state index is 0.218. The van der Waals surface area contributed by atoms with Crippen LogP contribution < -0.4 is 14.8 Å². The van der Waals surface area contributed by atoms with Crippen molar-refractivity contribution in [3.63, 3.8) is 0 Å². The van der Waals surface area contributed by atoms with Crippen LogP contribution in [0.15, 0.2) is 24.3 Å². The van der Waals surface area contributed by atoms with Crippen molar-refractivity contribution in [2.45, 2.75) is 39.7 Å². The van der Waals surface area contributed by atoms with Gasteiger partial charge in [-0.3, -0.25) is 0 Å². The molecule has 1 amide bonds. The number of hydrogen-bond donors (Lipinski definition) is 1. The summed E-state index contributed by atoms with van der Waals surface area (Å²) in [6.07, 6.45) is 1.94. The van der Waals surface area contributed by atoms with Crippen LogP contribution in [0.25, 0.3) is 0 Å². The Balaban J connectivity index is 2.26. The topological polar surface area (TPSA) is 56.8 Å². The molecule has 0 aliphatic rings. The summed E-state index contributed by atoms with van der Waals surface area (Å²) in [5, 5.41) is 2.59. The zero-order valence-electron chi connectivity index (χ0n) is 13.1. The van der Waals surface area contributed by atoms with Crippen molar-refractivity contribution >= 4 is 6.09 Å². The van der Waals surface area contributed by atoms with E-state index in [1.165, 1.54) is 0 Å². The number of carbonyl (C=O) groups is 1. The quantitative estimate of drug-likeness (QED) is 0.710. The Kier molecular flexibility index (Phi) is 8.09. The molecule has 1 aromatic rings. The number of amides is 1. The van der Waals surface area contributed by atoms with Crippen LogP contribution in [-0.4, -0.2) is 32.0 Å². The van der Waals surface area contributed by atoms with E-state index < -0.39 is 6.09 Å². The Hall–Kier alpha value is -1.91. The van der Waals surface area contributed by atoms with Crippen LogP contribution in [0.3, 0.4) is 0 Å². The molecular formula is C16H25NO4. The van der Waals surface area contributed by atoms with E-state index in [0.29, 0.717) is 19.8 Å². The lowest BCUT2D eigenvalue weighted by molar-refractivity contribution is 0.150. The van der Waals surface area contributed by atoms with Crippen molar-refractivity contribution in [2.24, 2.45) is 0 Å². The van der Waals surface area contributed by atoms with Gasteiger partial charge in [0.2, 0.25) is 0 Å². The fourth-order valence-electron chi connectivity index (χ4n) is 1.82. The molecule has 0 saturated carbocycles. The Morgan fingerprint density at radius 1 is 1.19 bits per heavy atom. The SMILES string of the molecule is CCCC(C)Oc1ccc(OCCNC(=O)OCC)cc1. The summed E-state index contributed by atoms with van der Waals surface area (Å²) in [7, 11) is 0. The highest BCUT2D eigenvalue weighted by Gasteiger charge is 2.03. The third-order valence-electron chi connectivity index (χ3n) is 2.77. The van der Waals surface area contributed by atoms with Gasteiger partial charge < -0.3 is 19.5 Å². The Bertz CT molecular complexity index is 405. The van der Waals surface area contributed by atoms with E-state index in [-0.39, 0.29) is 6.10 Å². The largest absolute Gasteiger partial charge is 0.492 e. The standard InChI is InChI=1S/C16H25NO4/c1-4-6-13(3)21-15-9-7-14(8-10-15)20-12-11-17-16(18)19-5-2/h7-10,13H,4-6,11-12H2,1-3H3,(H,17,18). The molecule has 1 atom stereocenters. The van der Waals surface area contributed by atoms with Crippen molar-refractivity contribution in [2.75, 3.05) is 19.8 Å². The monoisotopic (exact) mass is 295 g/mol. The molecule has 118 valence electrons. The van der Waals surface area contributed by atoms with Gasteiger partial charge in [-0.2, -0.15) is 0 Å². The molecule has 0 saturated heterocycles. The van der Waals surface area contributed by atoms with Crippen molar-refractivity contribution in [3.05, 3.63) is 24.3 Å². The second kappa shape index (κ2) is 9.91. The van der Waals surface area contributed by atoms with E-state index in [2.05, 4.69) is 19.2 Å². The summed E-state index contributed by atoms with van der Waals surface area (Å²) in [5.41, 5.74) is 0. The van der Waals surface area contributed by atoms with E-state index in [4.69, 9.17) is 14.2 Å². The molecule has 1 N–H and O–H groups in total.